The molecule has 0 radical (unpaired) electrons. The number of carboxylic acid groups (broad SMARTS) is 1. The van der Waals surface area contributed by atoms with Crippen LogP contribution in [0.4, 0.5) is 19.6 Å². The van der Waals surface area contributed by atoms with Gasteiger partial charge in [0.25, 0.3) is 0 Å². The van der Waals surface area contributed by atoms with E-state index in [0.717, 1.165) is 40.5 Å². The monoisotopic (exact) mass is 583 g/mol. The molecule has 1 aromatic heterocycles. The fourth-order valence-electron chi connectivity index (χ4n) is 4.66. The third-order valence-electron chi connectivity index (χ3n) is 6.97. The number of nitrogens with one attached hydrogen (secondary N) is 1. The second kappa shape index (κ2) is 13.9. The lowest BCUT2D eigenvalue weighted by molar-refractivity contribution is -0.136. The number of carboxylic acids is 1. The lowest BCUT2D eigenvalue weighted by Gasteiger charge is -2.22. The van der Waals surface area contributed by atoms with Crippen molar-refractivity contribution in [3.63, 3.8) is 0 Å². The number of carbonyl (C=O) groups is 1. The van der Waals surface area contributed by atoms with Gasteiger partial charge in [-0.25, -0.2) is 13.8 Å². The first-order valence-electron chi connectivity index (χ1n) is 13.8. The molecule has 0 aliphatic carbocycles. The number of hydrogen-bond donors (Lipinski definition) is 2. The van der Waals surface area contributed by atoms with Crippen molar-refractivity contribution >= 4 is 28.1 Å². The molecule has 0 fully saturated rings. The summed E-state index contributed by atoms with van der Waals surface area (Å²) < 4.78 is 28.8. The van der Waals surface area contributed by atoms with Crippen LogP contribution in [0.15, 0.2) is 102 Å². The van der Waals surface area contributed by atoms with Crippen molar-refractivity contribution < 1.29 is 18.7 Å². The van der Waals surface area contributed by atoms with Gasteiger partial charge in [-0.1, -0.05) is 84.9 Å². The maximum atomic E-state index is 14.4. The summed E-state index contributed by atoms with van der Waals surface area (Å²) in [6.45, 7) is 1.89. The van der Waals surface area contributed by atoms with E-state index in [1.54, 1.807) is 11.3 Å². The summed E-state index contributed by atoms with van der Waals surface area (Å²) in [5, 5.41) is 14.9. The lowest BCUT2D eigenvalue weighted by Crippen LogP contribution is -2.25. The Kier molecular flexibility index (Phi) is 9.56. The quantitative estimate of drug-likeness (QED) is 0.147. The van der Waals surface area contributed by atoms with Crippen LogP contribution in [0.2, 0.25) is 0 Å². The van der Waals surface area contributed by atoms with Gasteiger partial charge in [-0.05, 0) is 41.7 Å². The van der Waals surface area contributed by atoms with Crippen LogP contribution < -0.4 is 10.2 Å². The third-order valence-corrected chi connectivity index (χ3v) is 7.87. The minimum absolute atomic E-state index is 0.189. The largest absolute Gasteiger partial charge is 0.481 e. The summed E-state index contributed by atoms with van der Waals surface area (Å²) in [5.41, 5.74) is 5.51. The average Bonchev–Trinajstić information content (AvgIpc) is 3.50. The second-order valence-corrected chi connectivity index (χ2v) is 10.9. The summed E-state index contributed by atoms with van der Waals surface area (Å²) in [6, 6.07) is 31.1. The number of aliphatic carboxylic acids is 1. The normalized spacial score (nSPS) is 10.9. The zero-order chi connectivity index (χ0) is 29.3. The van der Waals surface area contributed by atoms with Crippen LogP contribution in [0.25, 0.3) is 11.3 Å². The van der Waals surface area contributed by atoms with Gasteiger partial charge < -0.3 is 15.3 Å². The molecule has 0 unspecified atom stereocenters. The van der Waals surface area contributed by atoms with Gasteiger partial charge in [0.05, 0.1) is 5.69 Å². The van der Waals surface area contributed by atoms with Gasteiger partial charge in [0.15, 0.2) is 5.13 Å². The van der Waals surface area contributed by atoms with Gasteiger partial charge in [-0.3, -0.25) is 4.79 Å². The molecule has 0 spiro atoms. The Bertz CT molecular complexity index is 1590. The van der Waals surface area contributed by atoms with E-state index in [1.165, 1.54) is 17.7 Å². The molecule has 5 rings (SSSR count). The van der Waals surface area contributed by atoms with Gasteiger partial charge in [0, 0.05) is 48.2 Å². The molecule has 0 saturated heterocycles. The van der Waals surface area contributed by atoms with E-state index >= 15 is 0 Å². The molecule has 5 nitrogen and oxygen atoms in total. The zero-order valence-corrected chi connectivity index (χ0v) is 23.8. The highest BCUT2D eigenvalue weighted by molar-refractivity contribution is 7.14. The number of aromatic nitrogens is 1. The molecule has 0 amide bonds. The Hall–Kier alpha value is -4.56. The van der Waals surface area contributed by atoms with Gasteiger partial charge in [0.1, 0.15) is 11.6 Å². The van der Waals surface area contributed by atoms with E-state index in [0.29, 0.717) is 18.8 Å². The van der Waals surface area contributed by atoms with Crippen molar-refractivity contribution in [3.8, 4) is 11.3 Å². The van der Waals surface area contributed by atoms with Gasteiger partial charge in [0.2, 0.25) is 0 Å². The fourth-order valence-corrected chi connectivity index (χ4v) is 5.53. The molecule has 42 heavy (non-hydrogen) atoms. The molecule has 214 valence electrons. The minimum atomic E-state index is -1.10. The maximum Gasteiger partial charge on any atom is 0.303 e. The maximum absolute atomic E-state index is 14.4. The van der Waals surface area contributed by atoms with Crippen LogP contribution in [-0.2, 0) is 30.7 Å². The summed E-state index contributed by atoms with van der Waals surface area (Å²) in [7, 11) is 0. The van der Waals surface area contributed by atoms with E-state index in [-0.39, 0.29) is 18.4 Å². The predicted octanol–water partition coefficient (Wildman–Crippen LogP) is 7.97. The average molecular weight is 584 g/mol. The van der Waals surface area contributed by atoms with E-state index in [4.69, 9.17) is 10.1 Å². The SMILES string of the molecule is O=C(O)CCc1c(F)cc(NCc2ccc(CN(CCc3ccccc3)c3nc(-c4ccccc4)cs3)cc2)cc1F. The van der Waals surface area contributed by atoms with E-state index in [2.05, 4.69) is 64.1 Å². The molecule has 0 aliphatic heterocycles. The highest BCUT2D eigenvalue weighted by atomic mass is 32.1. The molecular weight excluding hydrogens is 552 g/mol. The molecule has 4 aromatic carbocycles. The zero-order valence-electron chi connectivity index (χ0n) is 23.0. The topological polar surface area (TPSA) is 65.5 Å². The Balaban J connectivity index is 1.25. The van der Waals surface area contributed by atoms with Gasteiger partial charge >= 0.3 is 5.97 Å². The molecule has 1 heterocycles. The van der Waals surface area contributed by atoms with Crippen LogP contribution in [0, 0.1) is 11.6 Å². The Morgan fingerprint density at radius 3 is 2.14 bits per heavy atom. The number of benzene rings is 4. The van der Waals surface area contributed by atoms with Crippen molar-refractivity contribution in [2.45, 2.75) is 32.4 Å². The van der Waals surface area contributed by atoms with Crippen LogP contribution in [-0.4, -0.2) is 22.6 Å². The summed E-state index contributed by atoms with van der Waals surface area (Å²) >= 11 is 1.64. The van der Waals surface area contributed by atoms with E-state index in [1.807, 2.05) is 36.4 Å². The number of rotatable bonds is 13. The van der Waals surface area contributed by atoms with Crippen LogP contribution in [0.1, 0.15) is 28.7 Å². The first kappa shape index (κ1) is 29.0. The van der Waals surface area contributed by atoms with Crippen molar-refractivity contribution in [1.29, 1.82) is 0 Å². The number of hydrogen-bond acceptors (Lipinski definition) is 5. The van der Waals surface area contributed by atoms with E-state index < -0.39 is 17.6 Å². The van der Waals surface area contributed by atoms with Crippen LogP contribution in [0.3, 0.4) is 0 Å². The third kappa shape index (κ3) is 7.79. The standard InChI is InChI=1S/C34H31F2N3O2S/c35-30-19-28(20-31(36)29(30)15-16-33(40)41)37-21-25-11-13-26(14-12-25)22-39(18-17-24-7-3-1-4-8-24)34-38-32(23-42-34)27-9-5-2-6-10-27/h1-14,19-20,23,37H,15-18,21-22H2,(H,40,41). The van der Waals surface area contributed by atoms with Crippen LogP contribution >= 0.6 is 11.3 Å². The Labute approximate surface area is 248 Å². The molecule has 5 aromatic rings. The molecular formula is C34H31F2N3O2S. The van der Waals surface area contributed by atoms with Gasteiger partial charge in [-0.15, -0.1) is 11.3 Å². The number of thiazole rings is 1. The molecule has 0 saturated carbocycles. The molecule has 0 aliphatic rings. The number of nitrogens with zero attached hydrogens (tertiary/aromatic N) is 2. The van der Waals surface area contributed by atoms with Crippen molar-refractivity contribution in [2.75, 3.05) is 16.8 Å². The first-order chi connectivity index (χ1) is 20.4. The smallest absolute Gasteiger partial charge is 0.303 e. The highest BCUT2D eigenvalue weighted by Crippen LogP contribution is 2.29. The molecule has 8 heteroatoms. The lowest BCUT2D eigenvalue weighted by atomic mass is 10.1. The molecule has 0 bridgehead atoms. The summed E-state index contributed by atoms with van der Waals surface area (Å²) in [5.74, 6) is -2.59. The first-order valence-corrected chi connectivity index (χ1v) is 14.6. The van der Waals surface area contributed by atoms with Crippen molar-refractivity contribution in [3.05, 3.63) is 136 Å². The second-order valence-electron chi connectivity index (χ2n) is 10.0. The molecule has 0 atom stereocenters. The summed E-state index contributed by atoms with van der Waals surface area (Å²) in [4.78, 5) is 18.0. The predicted molar refractivity (Wildman–Crippen MR) is 165 cm³/mol. The number of halogens is 2. The van der Waals surface area contributed by atoms with Gasteiger partial charge in [-0.2, -0.15) is 0 Å². The minimum Gasteiger partial charge on any atom is -0.481 e. The van der Waals surface area contributed by atoms with E-state index in [9.17, 15) is 13.6 Å². The van der Waals surface area contributed by atoms with Crippen molar-refractivity contribution in [1.82, 2.24) is 4.98 Å². The summed E-state index contributed by atoms with van der Waals surface area (Å²) in [6.07, 6.45) is 0.379. The van der Waals surface area contributed by atoms with Crippen molar-refractivity contribution in [2.24, 2.45) is 0 Å². The molecule has 2 N–H and O–H groups in total. The Morgan fingerprint density at radius 2 is 1.48 bits per heavy atom. The fraction of sp³-hybridized carbons (Fsp3) is 0.176. The number of anilines is 2. The Morgan fingerprint density at radius 1 is 0.833 bits per heavy atom. The highest BCUT2D eigenvalue weighted by Gasteiger charge is 2.15. The van der Waals surface area contributed by atoms with Crippen LogP contribution in [0.5, 0.6) is 0 Å².